The highest BCUT2D eigenvalue weighted by atomic mass is 16.5. The Morgan fingerprint density at radius 1 is 1.42 bits per heavy atom. The van der Waals surface area contributed by atoms with Gasteiger partial charge in [-0.25, -0.2) is 0 Å². The summed E-state index contributed by atoms with van der Waals surface area (Å²) >= 11 is 0. The molecule has 1 aliphatic heterocycles. The van der Waals surface area contributed by atoms with Gasteiger partial charge in [0.15, 0.2) is 11.5 Å². The van der Waals surface area contributed by atoms with E-state index in [2.05, 4.69) is 9.88 Å². The van der Waals surface area contributed by atoms with E-state index in [0.717, 1.165) is 37.8 Å². The van der Waals surface area contributed by atoms with Crippen LogP contribution in [0.5, 0.6) is 11.5 Å². The maximum Gasteiger partial charge on any atom is 0.183 e. The maximum absolute atomic E-state index is 11.1. The van der Waals surface area contributed by atoms with Gasteiger partial charge in [0.25, 0.3) is 0 Å². The largest absolute Gasteiger partial charge is 0.493 e. The van der Waals surface area contributed by atoms with E-state index in [1.54, 1.807) is 26.5 Å². The third-order valence-electron chi connectivity index (χ3n) is 3.54. The van der Waals surface area contributed by atoms with Gasteiger partial charge in [-0.1, -0.05) is 6.42 Å². The van der Waals surface area contributed by atoms with E-state index >= 15 is 0 Å². The smallest absolute Gasteiger partial charge is 0.183 e. The lowest BCUT2D eigenvalue weighted by atomic mass is 10.0. The number of hydrogen-bond donors (Lipinski definition) is 0. The Bertz CT molecular complexity index is 437. The molecule has 19 heavy (non-hydrogen) atoms. The van der Waals surface area contributed by atoms with E-state index in [0.29, 0.717) is 18.0 Å². The van der Waals surface area contributed by atoms with Crippen molar-refractivity contribution in [1.29, 1.82) is 0 Å². The molecule has 1 aromatic rings. The molecule has 5 heteroatoms. The van der Waals surface area contributed by atoms with Gasteiger partial charge in [0.05, 0.1) is 20.3 Å². The van der Waals surface area contributed by atoms with Crippen LogP contribution in [0.25, 0.3) is 0 Å². The lowest BCUT2D eigenvalue weighted by Gasteiger charge is -2.32. The Balaban J connectivity index is 2.19. The SMILES string of the molecule is COc1ccnc(CN2CCCCC2C=O)c1OC. The van der Waals surface area contributed by atoms with Crippen LogP contribution in [-0.4, -0.2) is 43.0 Å². The minimum Gasteiger partial charge on any atom is -0.493 e. The molecule has 0 spiro atoms. The normalized spacial score (nSPS) is 20.0. The number of aldehydes is 1. The summed E-state index contributed by atoms with van der Waals surface area (Å²) in [7, 11) is 3.22. The Labute approximate surface area is 113 Å². The average Bonchev–Trinajstić information content (AvgIpc) is 2.47. The Morgan fingerprint density at radius 2 is 2.26 bits per heavy atom. The summed E-state index contributed by atoms with van der Waals surface area (Å²) in [6, 6.07) is 1.77. The zero-order chi connectivity index (χ0) is 13.7. The summed E-state index contributed by atoms with van der Waals surface area (Å²) in [5.41, 5.74) is 0.815. The van der Waals surface area contributed by atoms with Gasteiger partial charge in [0.2, 0.25) is 0 Å². The second-order valence-corrected chi connectivity index (χ2v) is 4.66. The van der Waals surface area contributed by atoms with Gasteiger partial charge in [-0.15, -0.1) is 0 Å². The molecule has 0 bridgehead atoms. The van der Waals surface area contributed by atoms with Gasteiger partial charge in [0, 0.05) is 18.8 Å². The molecular formula is C14H20N2O3. The lowest BCUT2D eigenvalue weighted by Crippen LogP contribution is -2.40. The van der Waals surface area contributed by atoms with E-state index < -0.39 is 0 Å². The molecule has 1 saturated heterocycles. The first kappa shape index (κ1) is 13.8. The molecule has 1 fully saturated rings. The number of rotatable bonds is 5. The van der Waals surface area contributed by atoms with Crippen molar-refractivity contribution in [3.05, 3.63) is 18.0 Å². The van der Waals surface area contributed by atoms with Crippen molar-refractivity contribution in [2.24, 2.45) is 0 Å². The molecular weight excluding hydrogens is 244 g/mol. The lowest BCUT2D eigenvalue weighted by molar-refractivity contribution is -0.113. The molecule has 5 nitrogen and oxygen atoms in total. The van der Waals surface area contributed by atoms with Crippen LogP contribution in [0, 0.1) is 0 Å². The van der Waals surface area contributed by atoms with Gasteiger partial charge in [-0.3, -0.25) is 9.88 Å². The third-order valence-corrected chi connectivity index (χ3v) is 3.54. The number of pyridine rings is 1. The number of carbonyl (C=O) groups excluding carboxylic acids is 1. The first-order valence-corrected chi connectivity index (χ1v) is 6.55. The zero-order valence-corrected chi connectivity index (χ0v) is 11.5. The molecule has 0 aromatic carbocycles. The predicted octanol–water partition coefficient (Wildman–Crippen LogP) is 1.65. The molecule has 104 valence electrons. The van der Waals surface area contributed by atoms with E-state index in [4.69, 9.17) is 9.47 Å². The van der Waals surface area contributed by atoms with Crippen molar-refractivity contribution in [1.82, 2.24) is 9.88 Å². The molecule has 1 aromatic heterocycles. The highest BCUT2D eigenvalue weighted by Gasteiger charge is 2.24. The fourth-order valence-corrected chi connectivity index (χ4v) is 2.52. The van der Waals surface area contributed by atoms with Crippen molar-refractivity contribution in [3.63, 3.8) is 0 Å². The van der Waals surface area contributed by atoms with Crippen molar-refractivity contribution < 1.29 is 14.3 Å². The monoisotopic (exact) mass is 264 g/mol. The van der Waals surface area contributed by atoms with Gasteiger partial charge >= 0.3 is 0 Å². The Morgan fingerprint density at radius 3 is 2.95 bits per heavy atom. The number of nitrogens with zero attached hydrogens (tertiary/aromatic N) is 2. The van der Waals surface area contributed by atoms with E-state index in [-0.39, 0.29) is 6.04 Å². The van der Waals surface area contributed by atoms with Crippen molar-refractivity contribution in [2.45, 2.75) is 31.8 Å². The quantitative estimate of drug-likeness (QED) is 0.757. The van der Waals surface area contributed by atoms with E-state index in [9.17, 15) is 4.79 Å². The van der Waals surface area contributed by atoms with Crippen LogP contribution in [0.3, 0.4) is 0 Å². The number of methoxy groups -OCH3 is 2. The van der Waals surface area contributed by atoms with Gasteiger partial charge in [-0.05, 0) is 19.4 Å². The minimum absolute atomic E-state index is 0.00791. The van der Waals surface area contributed by atoms with Crippen molar-refractivity contribution in [2.75, 3.05) is 20.8 Å². The van der Waals surface area contributed by atoms with Crippen LogP contribution in [0.15, 0.2) is 12.3 Å². The zero-order valence-electron chi connectivity index (χ0n) is 11.5. The third kappa shape index (κ3) is 3.04. The van der Waals surface area contributed by atoms with Crippen LogP contribution in [0.1, 0.15) is 25.0 Å². The number of ether oxygens (including phenoxy) is 2. The van der Waals surface area contributed by atoms with E-state index in [1.165, 1.54) is 0 Å². The molecule has 0 radical (unpaired) electrons. The standard InChI is InChI=1S/C14H20N2O3/c1-18-13-6-7-15-12(14(13)19-2)9-16-8-4-3-5-11(16)10-17/h6-7,10-11H,3-5,8-9H2,1-2H3. The van der Waals surface area contributed by atoms with Crippen molar-refractivity contribution >= 4 is 6.29 Å². The van der Waals surface area contributed by atoms with Crippen LogP contribution in [0.4, 0.5) is 0 Å². The molecule has 0 amide bonds. The van der Waals surface area contributed by atoms with Crippen molar-refractivity contribution in [3.8, 4) is 11.5 Å². The average molecular weight is 264 g/mol. The second-order valence-electron chi connectivity index (χ2n) is 4.66. The van der Waals surface area contributed by atoms with Crippen LogP contribution in [-0.2, 0) is 11.3 Å². The summed E-state index contributed by atoms with van der Waals surface area (Å²) in [4.78, 5) is 17.6. The summed E-state index contributed by atoms with van der Waals surface area (Å²) in [6.45, 7) is 1.54. The number of piperidine rings is 1. The van der Waals surface area contributed by atoms with Gasteiger partial charge in [0.1, 0.15) is 12.0 Å². The summed E-state index contributed by atoms with van der Waals surface area (Å²) in [6.07, 6.45) is 5.90. The highest BCUT2D eigenvalue weighted by Crippen LogP contribution is 2.30. The van der Waals surface area contributed by atoms with Gasteiger partial charge in [-0.2, -0.15) is 0 Å². The fourth-order valence-electron chi connectivity index (χ4n) is 2.52. The summed E-state index contributed by atoms with van der Waals surface area (Å²) in [5.74, 6) is 1.33. The molecule has 2 heterocycles. The summed E-state index contributed by atoms with van der Waals surface area (Å²) < 4.78 is 10.6. The molecule has 2 rings (SSSR count). The molecule has 1 aliphatic rings. The first-order chi connectivity index (χ1) is 9.30. The molecule has 1 unspecified atom stereocenters. The summed E-state index contributed by atoms with van der Waals surface area (Å²) in [5, 5.41) is 0. The Hall–Kier alpha value is -1.62. The van der Waals surface area contributed by atoms with Crippen LogP contribution < -0.4 is 9.47 Å². The highest BCUT2D eigenvalue weighted by molar-refractivity contribution is 5.57. The van der Waals surface area contributed by atoms with Crippen LogP contribution in [0.2, 0.25) is 0 Å². The molecule has 0 saturated carbocycles. The molecule has 0 N–H and O–H groups in total. The minimum atomic E-state index is -0.00791. The molecule has 1 atom stereocenters. The second kappa shape index (κ2) is 6.52. The number of likely N-dealkylation sites (tertiary alicyclic amines) is 1. The number of hydrogen-bond acceptors (Lipinski definition) is 5. The number of aromatic nitrogens is 1. The fraction of sp³-hybridized carbons (Fsp3) is 0.571. The predicted molar refractivity (Wildman–Crippen MR) is 71.5 cm³/mol. The topological polar surface area (TPSA) is 51.7 Å². The molecule has 0 aliphatic carbocycles. The number of carbonyl (C=O) groups is 1. The van der Waals surface area contributed by atoms with Gasteiger partial charge < -0.3 is 14.3 Å². The first-order valence-electron chi connectivity index (χ1n) is 6.55. The van der Waals surface area contributed by atoms with E-state index in [1.807, 2.05) is 0 Å². The Kier molecular flexibility index (Phi) is 4.74. The van der Waals surface area contributed by atoms with Crippen LogP contribution >= 0.6 is 0 Å². The maximum atomic E-state index is 11.1.